The lowest BCUT2D eigenvalue weighted by atomic mass is 9.88. The summed E-state index contributed by atoms with van der Waals surface area (Å²) in [6.45, 7) is 5.21. The van der Waals surface area contributed by atoms with Crippen LogP contribution in [0.3, 0.4) is 0 Å². The first-order valence-electron chi connectivity index (χ1n) is 8.72. The summed E-state index contributed by atoms with van der Waals surface area (Å²) >= 11 is 0. The van der Waals surface area contributed by atoms with E-state index in [2.05, 4.69) is 10.6 Å². The van der Waals surface area contributed by atoms with Gasteiger partial charge in [-0.3, -0.25) is 4.79 Å². The Hall–Kier alpha value is -2.44. The van der Waals surface area contributed by atoms with Crippen molar-refractivity contribution in [3.8, 4) is 11.5 Å². The predicted molar refractivity (Wildman–Crippen MR) is 97.7 cm³/mol. The van der Waals surface area contributed by atoms with Crippen molar-refractivity contribution in [2.75, 3.05) is 20.8 Å². The lowest BCUT2D eigenvalue weighted by Crippen LogP contribution is -2.45. The molecule has 1 atom stereocenters. The molecule has 1 aromatic rings. The van der Waals surface area contributed by atoms with Gasteiger partial charge in [-0.1, -0.05) is 0 Å². The summed E-state index contributed by atoms with van der Waals surface area (Å²) in [5, 5.41) is 5.43. The Morgan fingerprint density at radius 3 is 2.31 bits per heavy atom. The Labute approximate surface area is 154 Å². The van der Waals surface area contributed by atoms with Gasteiger partial charge in [0, 0.05) is 6.04 Å². The molecule has 1 aromatic carbocycles. The Morgan fingerprint density at radius 1 is 1.12 bits per heavy atom. The number of hydrogen-bond donors (Lipinski definition) is 2. The number of carbonyl (C=O) groups is 2. The summed E-state index contributed by atoms with van der Waals surface area (Å²) in [4.78, 5) is 23.7. The zero-order chi connectivity index (χ0) is 19.3. The summed E-state index contributed by atoms with van der Waals surface area (Å²) in [5.74, 6) is 1.17. The molecule has 0 saturated heterocycles. The average molecular weight is 364 g/mol. The molecule has 2 N–H and O–H groups in total. The van der Waals surface area contributed by atoms with Crippen molar-refractivity contribution in [2.24, 2.45) is 0 Å². The highest BCUT2D eigenvalue weighted by atomic mass is 16.6. The first kappa shape index (κ1) is 19.9. The van der Waals surface area contributed by atoms with Crippen LogP contribution >= 0.6 is 0 Å². The van der Waals surface area contributed by atoms with Crippen molar-refractivity contribution in [3.05, 3.63) is 23.3 Å². The molecule has 0 aromatic heterocycles. The van der Waals surface area contributed by atoms with E-state index >= 15 is 0 Å². The minimum absolute atomic E-state index is 0.0218. The molecule has 1 unspecified atom stereocenters. The number of rotatable bonds is 5. The van der Waals surface area contributed by atoms with Crippen LogP contribution in [0.15, 0.2) is 12.1 Å². The van der Waals surface area contributed by atoms with E-state index in [-0.39, 0.29) is 18.5 Å². The number of carbonyl (C=O) groups excluding carboxylic acids is 2. The van der Waals surface area contributed by atoms with Gasteiger partial charge in [0.2, 0.25) is 5.91 Å². The van der Waals surface area contributed by atoms with Crippen molar-refractivity contribution in [2.45, 2.75) is 51.7 Å². The van der Waals surface area contributed by atoms with E-state index in [0.29, 0.717) is 12.2 Å². The molecule has 0 fully saturated rings. The Balaban J connectivity index is 1.89. The Morgan fingerprint density at radius 2 is 1.73 bits per heavy atom. The van der Waals surface area contributed by atoms with E-state index in [1.165, 1.54) is 5.56 Å². The highest BCUT2D eigenvalue weighted by molar-refractivity contribution is 5.82. The summed E-state index contributed by atoms with van der Waals surface area (Å²) in [6.07, 6.45) is 1.80. The van der Waals surface area contributed by atoms with Crippen LogP contribution < -0.4 is 20.1 Å². The SMILES string of the molecule is COc1cc2c(cc1OC)CC(NC(=O)CNC(=O)OC(C)(C)C)CC2. The molecule has 1 aliphatic rings. The van der Waals surface area contributed by atoms with Crippen LogP contribution in [0.5, 0.6) is 11.5 Å². The van der Waals surface area contributed by atoms with E-state index < -0.39 is 11.7 Å². The molecule has 0 bridgehead atoms. The lowest BCUT2D eigenvalue weighted by Gasteiger charge is -2.26. The summed E-state index contributed by atoms with van der Waals surface area (Å²) in [7, 11) is 3.22. The molecule has 7 nitrogen and oxygen atoms in total. The fraction of sp³-hybridized carbons (Fsp3) is 0.579. The Kier molecular flexibility index (Phi) is 6.34. The maximum absolute atomic E-state index is 12.1. The fourth-order valence-corrected chi connectivity index (χ4v) is 2.95. The molecule has 7 heteroatoms. The van der Waals surface area contributed by atoms with Crippen molar-refractivity contribution in [1.82, 2.24) is 10.6 Å². The Bertz CT molecular complexity index is 667. The molecule has 0 radical (unpaired) electrons. The van der Waals surface area contributed by atoms with Crippen LogP contribution in [0, 0.1) is 0 Å². The predicted octanol–water partition coefficient (Wildman–Crippen LogP) is 2.20. The second-order valence-corrected chi connectivity index (χ2v) is 7.34. The normalized spacial score (nSPS) is 16.3. The van der Waals surface area contributed by atoms with Gasteiger partial charge in [-0.2, -0.15) is 0 Å². The van der Waals surface area contributed by atoms with Crippen LogP contribution in [0.4, 0.5) is 4.79 Å². The van der Waals surface area contributed by atoms with E-state index in [1.807, 2.05) is 12.1 Å². The first-order valence-corrected chi connectivity index (χ1v) is 8.72. The number of aryl methyl sites for hydroxylation is 1. The summed E-state index contributed by atoms with van der Waals surface area (Å²) in [5.41, 5.74) is 1.76. The number of methoxy groups -OCH3 is 2. The van der Waals surface area contributed by atoms with Gasteiger partial charge < -0.3 is 24.8 Å². The average Bonchev–Trinajstić information content (AvgIpc) is 2.57. The van der Waals surface area contributed by atoms with Crippen molar-refractivity contribution >= 4 is 12.0 Å². The van der Waals surface area contributed by atoms with E-state index in [4.69, 9.17) is 14.2 Å². The number of hydrogen-bond acceptors (Lipinski definition) is 5. The molecule has 144 valence electrons. The molecular formula is C19H28N2O5. The van der Waals surface area contributed by atoms with Crippen LogP contribution in [0.2, 0.25) is 0 Å². The van der Waals surface area contributed by atoms with Gasteiger partial charge in [-0.05, 0) is 63.3 Å². The molecule has 0 aliphatic heterocycles. The van der Waals surface area contributed by atoms with E-state index in [9.17, 15) is 9.59 Å². The van der Waals surface area contributed by atoms with Crippen LogP contribution in [-0.2, 0) is 22.4 Å². The standard InChI is InChI=1S/C19H28N2O5/c1-19(2,3)26-18(23)20-11-17(22)21-14-7-6-12-9-15(24-4)16(25-5)10-13(12)8-14/h9-10,14H,6-8,11H2,1-5H3,(H,20,23)(H,21,22). The molecule has 0 saturated carbocycles. The van der Waals surface area contributed by atoms with Gasteiger partial charge in [-0.15, -0.1) is 0 Å². The molecule has 2 amide bonds. The number of alkyl carbamates (subject to hydrolysis) is 1. The molecule has 0 spiro atoms. The van der Waals surface area contributed by atoms with Crippen LogP contribution in [-0.4, -0.2) is 44.4 Å². The summed E-state index contributed by atoms with van der Waals surface area (Å²) in [6, 6.07) is 3.98. The highest BCUT2D eigenvalue weighted by Gasteiger charge is 2.23. The van der Waals surface area contributed by atoms with Gasteiger partial charge in [0.05, 0.1) is 14.2 Å². The van der Waals surface area contributed by atoms with Crippen LogP contribution in [0.1, 0.15) is 38.3 Å². The summed E-state index contributed by atoms with van der Waals surface area (Å²) < 4.78 is 15.8. The maximum Gasteiger partial charge on any atom is 0.408 e. The van der Waals surface area contributed by atoms with Crippen molar-refractivity contribution in [1.29, 1.82) is 0 Å². The fourth-order valence-electron chi connectivity index (χ4n) is 2.95. The van der Waals surface area contributed by atoms with Gasteiger partial charge in [-0.25, -0.2) is 4.79 Å². The molecule has 2 rings (SSSR count). The van der Waals surface area contributed by atoms with Crippen molar-refractivity contribution < 1.29 is 23.8 Å². The topological polar surface area (TPSA) is 85.9 Å². The lowest BCUT2D eigenvalue weighted by molar-refractivity contribution is -0.121. The number of fused-ring (bicyclic) bond motifs is 1. The number of ether oxygens (including phenoxy) is 3. The molecule has 26 heavy (non-hydrogen) atoms. The zero-order valence-corrected chi connectivity index (χ0v) is 16.1. The first-order chi connectivity index (χ1) is 12.2. The second-order valence-electron chi connectivity index (χ2n) is 7.34. The minimum atomic E-state index is -0.599. The zero-order valence-electron chi connectivity index (χ0n) is 16.1. The van der Waals surface area contributed by atoms with Crippen molar-refractivity contribution in [3.63, 3.8) is 0 Å². The van der Waals surface area contributed by atoms with Gasteiger partial charge in [0.15, 0.2) is 11.5 Å². The number of amides is 2. The quantitative estimate of drug-likeness (QED) is 0.837. The third kappa shape index (κ3) is 5.54. The molecular weight excluding hydrogens is 336 g/mol. The maximum atomic E-state index is 12.1. The third-order valence-corrected chi connectivity index (χ3v) is 4.09. The van der Waals surface area contributed by atoms with Crippen LogP contribution in [0.25, 0.3) is 0 Å². The number of benzene rings is 1. The second kappa shape index (κ2) is 8.29. The highest BCUT2D eigenvalue weighted by Crippen LogP contribution is 2.34. The third-order valence-electron chi connectivity index (χ3n) is 4.09. The molecule has 1 aliphatic carbocycles. The largest absolute Gasteiger partial charge is 0.493 e. The minimum Gasteiger partial charge on any atom is -0.493 e. The van der Waals surface area contributed by atoms with Gasteiger partial charge in [0.25, 0.3) is 0 Å². The van der Waals surface area contributed by atoms with Gasteiger partial charge >= 0.3 is 6.09 Å². The number of nitrogens with one attached hydrogen (secondary N) is 2. The smallest absolute Gasteiger partial charge is 0.408 e. The van der Waals surface area contributed by atoms with E-state index in [0.717, 1.165) is 24.2 Å². The van der Waals surface area contributed by atoms with E-state index in [1.54, 1.807) is 35.0 Å². The molecule has 0 heterocycles. The monoisotopic (exact) mass is 364 g/mol. The van der Waals surface area contributed by atoms with Gasteiger partial charge in [0.1, 0.15) is 12.1 Å².